The second kappa shape index (κ2) is 4.73. The fraction of sp³-hybridized carbons (Fsp3) is 0. The van der Waals surface area contributed by atoms with Gasteiger partial charge in [-0.15, -0.1) is 0 Å². The number of fused-ring (bicyclic) bond motifs is 4. The van der Waals surface area contributed by atoms with Crippen LogP contribution in [0.2, 0.25) is 0 Å². The maximum absolute atomic E-state index is 3.56. The molecule has 0 atom stereocenters. The molecule has 2 heterocycles. The van der Waals surface area contributed by atoms with Crippen molar-refractivity contribution in [2.24, 2.45) is 0 Å². The maximum Gasteiger partial charge on any atom is 0.0537 e. The van der Waals surface area contributed by atoms with Crippen LogP contribution in [0.1, 0.15) is 0 Å². The van der Waals surface area contributed by atoms with Crippen molar-refractivity contribution >= 4 is 46.3 Å². The van der Waals surface area contributed by atoms with Crippen molar-refractivity contribution in [3.63, 3.8) is 0 Å². The third kappa shape index (κ3) is 1.91. The molecule has 0 amide bonds. The summed E-state index contributed by atoms with van der Waals surface area (Å²) in [6.07, 6.45) is 0. The molecule has 0 aliphatic carbocycles. The summed E-state index contributed by atoms with van der Waals surface area (Å²) >= 11 is 2.57. The van der Waals surface area contributed by atoms with Gasteiger partial charge < -0.3 is 10.6 Å². The van der Waals surface area contributed by atoms with E-state index < -0.39 is 0 Å². The molecule has 22 heavy (non-hydrogen) atoms. The van der Waals surface area contributed by atoms with Gasteiger partial charge in [0.15, 0.2) is 0 Å². The Bertz CT molecular complexity index is 762. The number of hydrogen-bond acceptors (Lipinski definition) is 2. The predicted molar refractivity (Wildman–Crippen MR) is 96.9 cm³/mol. The molecule has 0 unspecified atom stereocenters. The Morgan fingerprint density at radius 2 is 1.00 bits per heavy atom. The summed E-state index contributed by atoms with van der Waals surface area (Å²) in [7, 11) is 0. The SMILES string of the molecule is c1ccc2c(c1)Nc1cc3c(cc1[SH]2)[SH]c1ccccc1N3. The molecule has 108 valence electrons. The molecular weight excluding hydrogens is 308 g/mol. The van der Waals surface area contributed by atoms with Gasteiger partial charge in [-0.25, -0.2) is 0 Å². The quantitative estimate of drug-likeness (QED) is 0.280. The highest BCUT2D eigenvalue weighted by atomic mass is 32.2. The summed E-state index contributed by atoms with van der Waals surface area (Å²) in [4.78, 5) is 5.39. The molecule has 2 N–H and O–H groups in total. The van der Waals surface area contributed by atoms with E-state index in [2.05, 4.69) is 71.3 Å². The van der Waals surface area contributed by atoms with Gasteiger partial charge in [-0.05, 0) is 36.4 Å². The van der Waals surface area contributed by atoms with E-state index in [9.17, 15) is 0 Å². The lowest BCUT2D eigenvalue weighted by molar-refractivity contribution is 1.24. The fourth-order valence-electron chi connectivity index (χ4n) is 2.87. The number of rotatable bonds is 0. The third-order valence-corrected chi connectivity index (χ3v) is 6.43. The van der Waals surface area contributed by atoms with Gasteiger partial charge in [-0.2, -0.15) is 23.5 Å². The Hall–Kier alpha value is -2.04. The lowest BCUT2D eigenvalue weighted by Crippen LogP contribution is -2.04. The number of para-hydroxylation sites is 2. The number of anilines is 4. The van der Waals surface area contributed by atoms with Crippen molar-refractivity contribution < 1.29 is 0 Å². The van der Waals surface area contributed by atoms with Crippen LogP contribution in [0.15, 0.2) is 80.2 Å². The topological polar surface area (TPSA) is 24.1 Å². The van der Waals surface area contributed by atoms with Crippen molar-refractivity contribution in [3.8, 4) is 0 Å². The molecule has 4 heteroatoms. The van der Waals surface area contributed by atoms with Crippen molar-refractivity contribution in [1.82, 2.24) is 0 Å². The van der Waals surface area contributed by atoms with Gasteiger partial charge in [0.05, 0.1) is 22.7 Å². The van der Waals surface area contributed by atoms with Gasteiger partial charge in [0.1, 0.15) is 0 Å². The number of thiol groups is 2. The summed E-state index contributed by atoms with van der Waals surface area (Å²) < 4.78 is 0. The maximum atomic E-state index is 3.56. The monoisotopic (exact) mass is 322 g/mol. The minimum Gasteiger partial charge on any atom is -0.354 e. The zero-order chi connectivity index (χ0) is 14.5. The van der Waals surface area contributed by atoms with E-state index in [1.807, 2.05) is 0 Å². The smallest absolute Gasteiger partial charge is 0.0537 e. The van der Waals surface area contributed by atoms with Crippen LogP contribution in [-0.2, 0) is 0 Å². The zero-order valence-corrected chi connectivity index (χ0v) is 13.5. The zero-order valence-electron chi connectivity index (χ0n) is 11.7. The molecule has 2 aliphatic heterocycles. The van der Waals surface area contributed by atoms with E-state index in [-0.39, 0.29) is 0 Å². The van der Waals surface area contributed by atoms with Crippen molar-refractivity contribution in [2.75, 3.05) is 10.6 Å². The number of benzene rings is 3. The first-order valence-electron chi connectivity index (χ1n) is 7.20. The lowest BCUT2D eigenvalue weighted by atomic mass is 10.2. The second-order valence-electron chi connectivity index (χ2n) is 5.39. The molecule has 3 aromatic rings. The number of hydrogen-bond donors (Lipinski definition) is 4. The van der Waals surface area contributed by atoms with Crippen LogP contribution in [-0.4, -0.2) is 0 Å². The highest BCUT2D eigenvalue weighted by molar-refractivity contribution is 8.00. The molecule has 5 rings (SSSR count). The average molecular weight is 322 g/mol. The van der Waals surface area contributed by atoms with Gasteiger partial charge in [-0.3, -0.25) is 0 Å². The average Bonchev–Trinajstić information content (AvgIpc) is 2.56. The molecule has 3 aromatic carbocycles. The molecule has 2 radical (unpaired) electrons. The van der Waals surface area contributed by atoms with Crippen LogP contribution in [0.3, 0.4) is 0 Å². The Morgan fingerprint density at radius 1 is 0.500 bits per heavy atom. The Kier molecular flexibility index (Phi) is 2.69. The fourth-order valence-corrected chi connectivity index (χ4v) is 5.18. The number of nitrogens with one attached hydrogen (secondary N) is 2. The van der Waals surface area contributed by atoms with E-state index in [0.29, 0.717) is 0 Å². The summed E-state index contributed by atoms with van der Waals surface area (Å²) in [6, 6.07) is 21.6. The van der Waals surface area contributed by atoms with Crippen LogP contribution in [0.25, 0.3) is 0 Å². The Balaban J connectivity index is 1.60. The predicted octanol–water partition coefficient (Wildman–Crippen LogP) is 5.57. The standard InChI is InChI=1S/C18H14N2S2/c1-3-7-15-11(5-1)19-13-9-14-18(10-17(13)21-15)22-16-8-4-2-6-12(16)20-14/h1-10,19-22H. The molecule has 0 fully saturated rings. The molecule has 0 spiro atoms. The molecular formula is C18H14N2S2. The first kappa shape index (κ1) is 12.5. The molecule has 0 aromatic heterocycles. The first-order valence-corrected chi connectivity index (χ1v) is 8.99. The van der Waals surface area contributed by atoms with Crippen LogP contribution in [0.4, 0.5) is 22.7 Å². The van der Waals surface area contributed by atoms with E-state index >= 15 is 0 Å². The Labute approximate surface area is 137 Å². The van der Waals surface area contributed by atoms with Gasteiger partial charge in [0.25, 0.3) is 0 Å². The second-order valence-corrected chi connectivity index (χ2v) is 7.77. The van der Waals surface area contributed by atoms with E-state index in [1.54, 1.807) is 0 Å². The van der Waals surface area contributed by atoms with Gasteiger partial charge in [0.2, 0.25) is 0 Å². The largest absolute Gasteiger partial charge is 0.354 e. The van der Waals surface area contributed by atoms with Crippen LogP contribution >= 0.6 is 23.5 Å². The van der Waals surface area contributed by atoms with Crippen LogP contribution in [0, 0.1) is 0 Å². The van der Waals surface area contributed by atoms with Crippen LogP contribution < -0.4 is 10.6 Å². The van der Waals surface area contributed by atoms with Gasteiger partial charge in [-0.1, -0.05) is 24.3 Å². The highest BCUT2D eigenvalue weighted by Crippen LogP contribution is 2.51. The molecule has 0 saturated heterocycles. The highest BCUT2D eigenvalue weighted by Gasteiger charge is 2.20. The van der Waals surface area contributed by atoms with Crippen molar-refractivity contribution in [2.45, 2.75) is 19.6 Å². The van der Waals surface area contributed by atoms with E-state index in [1.165, 1.54) is 65.9 Å². The lowest BCUT2D eigenvalue weighted by Gasteiger charge is -2.27. The molecule has 2 nitrogen and oxygen atoms in total. The van der Waals surface area contributed by atoms with Crippen LogP contribution in [0.5, 0.6) is 0 Å². The van der Waals surface area contributed by atoms with Crippen molar-refractivity contribution in [1.29, 1.82) is 0 Å². The van der Waals surface area contributed by atoms with E-state index in [0.717, 1.165) is 0 Å². The van der Waals surface area contributed by atoms with Gasteiger partial charge >= 0.3 is 0 Å². The Morgan fingerprint density at radius 3 is 1.55 bits per heavy atom. The minimum atomic E-state index is 1.21. The van der Waals surface area contributed by atoms with Gasteiger partial charge in [0, 0.05) is 19.6 Å². The molecule has 0 saturated carbocycles. The summed E-state index contributed by atoms with van der Waals surface area (Å²) in [5, 5.41) is 7.13. The van der Waals surface area contributed by atoms with E-state index in [4.69, 9.17) is 0 Å². The molecule has 2 aliphatic rings. The normalized spacial score (nSPS) is 13.8. The summed E-state index contributed by atoms with van der Waals surface area (Å²) in [5.41, 5.74) is 4.85. The minimum absolute atomic E-state index is 1.21. The van der Waals surface area contributed by atoms with Crippen molar-refractivity contribution in [3.05, 3.63) is 60.7 Å². The summed E-state index contributed by atoms with van der Waals surface area (Å²) in [5.74, 6) is 0. The first-order chi connectivity index (χ1) is 10.9. The molecule has 0 bridgehead atoms. The third-order valence-electron chi connectivity index (χ3n) is 3.94. The summed E-state index contributed by atoms with van der Waals surface area (Å²) in [6.45, 7) is 0.